The summed E-state index contributed by atoms with van der Waals surface area (Å²) in [6, 6.07) is 7.85. The average Bonchev–Trinajstić information content (AvgIpc) is 3.40. The predicted molar refractivity (Wildman–Crippen MR) is 106 cm³/mol. The SMILES string of the molecule is COC(=O)Nc1cc(NC2=CC(=NC3CC3)C3=NCC(C#N)N3N2)ccc1C. The Morgan fingerprint density at radius 3 is 3.00 bits per heavy atom. The van der Waals surface area contributed by atoms with Crippen molar-refractivity contribution in [2.45, 2.75) is 31.8 Å². The number of amides is 1. The zero-order chi connectivity index (χ0) is 19.7. The van der Waals surface area contributed by atoms with Crippen molar-refractivity contribution in [2.24, 2.45) is 9.98 Å². The van der Waals surface area contributed by atoms with Crippen LogP contribution in [-0.2, 0) is 4.74 Å². The van der Waals surface area contributed by atoms with E-state index < -0.39 is 6.09 Å². The second-order valence-electron chi connectivity index (χ2n) is 6.87. The summed E-state index contributed by atoms with van der Waals surface area (Å²) in [5.41, 5.74) is 6.33. The van der Waals surface area contributed by atoms with Crippen LogP contribution in [0.3, 0.4) is 0 Å². The van der Waals surface area contributed by atoms with Crippen molar-refractivity contribution >= 4 is 29.0 Å². The number of nitrogens with one attached hydrogen (secondary N) is 3. The number of rotatable bonds is 4. The van der Waals surface area contributed by atoms with Gasteiger partial charge in [-0.2, -0.15) is 5.26 Å². The van der Waals surface area contributed by atoms with Crippen LogP contribution >= 0.6 is 0 Å². The number of nitriles is 1. The van der Waals surface area contributed by atoms with Crippen LogP contribution in [0, 0.1) is 18.3 Å². The first kappa shape index (κ1) is 17.9. The number of carbonyl (C=O) groups excluding carboxylic acids is 1. The van der Waals surface area contributed by atoms with Gasteiger partial charge >= 0.3 is 6.09 Å². The molecule has 28 heavy (non-hydrogen) atoms. The van der Waals surface area contributed by atoms with E-state index in [2.05, 4.69) is 31.9 Å². The fraction of sp³-hybridized carbons (Fsp3) is 0.368. The topological polar surface area (TPSA) is 114 Å². The van der Waals surface area contributed by atoms with E-state index in [9.17, 15) is 10.1 Å². The van der Waals surface area contributed by atoms with Crippen LogP contribution in [0.4, 0.5) is 16.2 Å². The lowest BCUT2D eigenvalue weighted by Crippen LogP contribution is -2.52. The molecule has 1 amide bonds. The zero-order valence-corrected chi connectivity index (χ0v) is 15.7. The van der Waals surface area contributed by atoms with Crippen LogP contribution < -0.4 is 16.1 Å². The molecular formula is C19H21N7O2. The summed E-state index contributed by atoms with van der Waals surface area (Å²) < 4.78 is 4.67. The van der Waals surface area contributed by atoms with Gasteiger partial charge in [0, 0.05) is 17.5 Å². The van der Waals surface area contributed by atoms with Gasteiger partial charge in [-0.25, -0.2) is 9.80 Å². The Bertz CT molecular complexity index is 940. The Kier molecular flexibility index (Phi) is 4.61. The van der Waals surface area contributed by atoms with Crippen LogP contribution in [0.25, 0.3) is 0 Å². The van der Waals surface area contributed by atoms with Crippen molar-refractivity contribution in [3.63, 3.8) is 0 Å². The molecule has 1 saturated carbocycles. The molecular weight excluding hydrogens is 358 g/mol. The van der Waals surface area contributed by atoms with Crippen molar-refractivity contribution in [1.29, 1.82) is 5.26 Å². The van der Waals surface area contributed by atoms with Crippen LogP contribution in [0.5, 0.6) is 0 Å². The first-order valence-corrected chi connectivity index (χ1v) is 9.10. The van der Waals surface area contributed by atoms with E-state index in [4.69, 9.17) is 4.99 Å². The third-order valence-corrected chi connectivity index (χ3v) is 4.66. The van der Waals surface area contributed by atoms with Crippen LogP contribution in [-0.4, -0.2) is 48.4 Å². The maximum Gasteiger partial charge on any atom is 0.411 e. The van der Waals surface area contributed by atoms with Crippen LogP contribution in [0.1, 0.15) is 18.4 Å². The minimum Gasteiger partial charge on any atom is -0.453 e. The molecule has 1 aliphatic carbocycles. The number of methoxy groups -OCH3 is 1. The number of fused-ring (bicyclic) bond motifs is 1. The maximum atomic E-state index is 11.5. The highest BCUT2D eigenvalue weighted by atomic mass is 16.5. The molecule has 4 rings (SSSR count). The van der Waals surface area contributed by atoms with E-state index in [0.717, 1.165) is 29.8 Å². The number of hydrogen-bond donors (Lipinski definition) is 3. The summed E-state index contributed by atoms with van der Waals surface area (Å²) in [5.74, 6) is 1.40. The summed E-state index contributed by atoms with van der Waals surface area (Å²) >= 11 is 0. The lowest BCUT2D eigenvalue weighted by molar-refractivity contribution is 0.187. The lowest BCUT2D eigenvalue weighted by Gasteiger charge is -2.31. The molecule has 1 aromatic rings. The van der Waals surface area contributed by atoms with Gasteiger partial charge in [-0.1, -0.05) is 6.07 Å². The Morgan fingerprint density at radius 2 is 2.29 bits per heavy atom. The number of hydrazine groups is 1. The van der Waals surface area contributed by atoms with Gasteiger partial charge in [0.05, 0.1) is 25.8 Å². The Hall–Kier alpha value is -3.54. The van der Waals surface area contributed by atoms with Crippen molar-refractivity contribution in [3.05, 3.63) is 35.7 Å². The fourth-order valence-corrected chi connectivity index (χ4v) is 2.99. The van der Waals surface area contributed by atoms with Crippen molar-refractivity contribution in [3.8, 4) is 6.07 Å². The van der Waals surface area contributed by atoms with Crippen molar-refractivity contribution < 1.29 is 9.53 Å². The molecule has 0 spiro atoms. The third kappa shape index (κ3) is 3.62. The Labute approximate surface area is 162 Å². The molecule has 1 unspecified atom stereocenters. The summed E-state index contributed by atoms with van der Waals surface area (Å²) in [7, 11) is 1.32. The molecule has 0 bridgehead atoms. The van der Waals surface area contributed by atoms with Gasteiger partial charge in [0.2, 0.25) is 0 Å². The molecule has 3 aliphatic rings. The van der Waals surface area contributed by atoms with Gasteiger partial charge in [0.25, 0.3) is 0 Å². The molecule has 0 radical (unpaired) electrons. The summed E-state index contributed by atoms with van der Waals surface area (Å²) in [6.07, 6.45) is 3.55. The molecule has 0 aromatic heterocycles. The number of benzene rings is 1. The highest BCUT2D eigenvalue weighted by Crippen LogP contribution is 2.27. The van der Waals surface area contributed by atoms with Crippen LogP contribution in [0.15, 0.2) is 40.1 Å². The molecule has 2 aliphatic heterocycles. The number of hydrogen-bond acceptors (Lipinski definition) is 8. The standard InChI is InChI=1S/C19H21N7O2/c1-11-3-4-13(7-15(11)24-19(27)28-2)23-17-8-16(22-12-5-6-12)18-21-10-14(9-20)26(18)25-17/h3-4,7-8,12,14,23,25H,5-6,10H2,1-2H3,(H,24,27). The van der Waals surface area contributed by atoms with E-state index in [1.54, 1.807) is 5.01 Å². The van der Waals surface area contributed by atoms with Gasteiger partial charge in [0.15, 0.2) is 11.9 Å². The Balaban J connectivity index is 1.59. The monoisotopic (exact) mass is 379 g/mol. The van der Waals surface area contributed by atoms with E-state index in [1.807, 2.05) is 31.2 Å². The predicted octanol–water partition coefficient (Wildman–Crippen LogP) is 2.15. The largest absolute Gasteiger partial charge is 0.453 e. The summed E-state index contributed by atoms with van der Waals surface area (Å²) in [4.78, 5) is 20.7. The van der Waals surface area contributed by atoms with E-state index in [1.165, 1.54) is 7.11 Å². The molecule has 1 fully saturated rings. The second kappa shape index (κ2) is 7.23. The lowest BCUT2D eigenvalue weighted by atomic mass is 10.1. The van der Waals surface area contributed by atoms with Crippen molar-refractivity contribution in [1.82, 2.24) is 10.4 Å². The molecule has 3 N–H and O–H groups in total. The highest BCUT2D eigenvalue weighted by Gasteiger charge is 2.35. The maximum absolute atomic E-state index is 11.5. The van der Waals surface area contributed by atoms with Gasteiger partial charge in [-0.05, 0) is 37.5 Å². The number of nitrogens with zero attached hydrogens (tertiary/aromatic N) is 4. The first-order chi connectivity index (χ1) is 13.6. The normalized spacial score (nSPS) is 21.8. The van der Waals surface area contributed by atoms with E-state index >= 15 is 0 Å². The number of anilines is 2. The van der Waals surface area contributed by atoms with Gasteiger partial charge < -0.3 is 10.1 Å². The molecule has 1 atom stereocenters. The minimum absolute atomic E-state index is 0.339. The second-order valence-corrected chi connectivity index (χ2v) is 6.87. The van der Waals surface area contributed by atoms with Gasteiger partial charge in [-0.3, -0.25) is 20.7 Å². The minimum atomic E-state index is -0.524. The number of amidine groups is 1. The first-order valence-electron chi connectivity index (χ1n) is 9.10. The summed E-state index contributed by atoms with van der Waals surface area (Å²) in [5, 5.41) is 17.1. The Morgan fingerprint density at radius 1 is 1.46 bits per heavy atom. The molecule has 9 heteroatoms. The number of aliphatic imine (C=N–C) groups is 2. The fourth-order valence-electron chi connectivity index (χ4n) is 2.99. The summed E-state index contributed by atoms with van der Waals surface area (Å²) in [6.45, 7) is 2.32. The molecule has 2 heterocycles. The highest BCUT2D eigenvalue weighted by molar-refractivity contribution is 6.46. The number of aryl methyl sites for hydroxylation is 1. The average molecular weight is 379 g/mol. The smallest absolute Gasteiger partial charge is 0.411 e. The van der Waals surface area contributed by atoms with Crippen LogP contribution in [0.2, 0.25) is 0 Å². The van der Waals surface area contributed by atoms with E-state index in [0.29, 0.717) is 29.9 Å². The molecule has 9 nitrogen and oxygen atoms in total. The van der Waals surface area contributed by atoms with Gasteiger partial charge in [0.1, 0.15) is 11.5 Å². The number of ether oxygens (including phenoxy) is 1. The quantitative estimate of drug-likeness (QED) is 0.739. The number of carbonyl (C=O) groups is 1. The van der Waals surface area contributed by atoms with Gasteiger partial charge in [-0.15, -0.1) is 0 Å². The van der Waals surface area contributed by atoms with Crippen molar-refractivity contribution in [2.75, 3.05) is 24.3 Å². The zero-order valence-electron chi connectivity index (χ0n) is 15.7. The third-order valence-electron chi connectivity index (χ3n) is 4.66. The molecule has 144 valence electrons. The van der Waals surface area contributed by atoms with E-state index in [-0.39, 0.29) is 6.04 Å². The molecule has 1 aromatic carbocycles. The molecule has 0 saturated heterocycles.